The lowest BCUT2D eigenvalue weighted by molar-refractivity contribution is 0.504. The Morgan fingerprint density at radius 3 is 2.87 bits per heavy atom. The number of pyridine rings is 1. The van der Waals surface area contributed by atoms with Gasteiger partial charge in [-0.15, -0.1) is 0 Å². The summed E-state index contributed by atoms with van der Waals surface area (Å²) in [4.78, 5) is 3.97. The molecule has 0 aliphatic rings. The second-order valence-corrected chi connectivity index (χ2v) is 3.56. The molecule has 0 aromatic carbocycles. The number of likely N-dealkylation sites (N-methyl/N-ethyl adjacent to an activating group) is 1. The van der Waals surface area contributed by atoms with E-state index in [0.717, 1.165) is 18.8 Å². The van der Waals surface area contributed by atoms with Crippen LogP contribution in [0.15, 0.2) is 18.3 Å². The molecule has 2 N–H and O–H groups in total. The number of nitrogens with one attached hydrogen (secondary N) is 2. The van der Waals surface area contributed by atoms with Gasteiger partial charge in [0.1, 0.15) is 5.82 Å². The lowest BCUT2D eigenvalue weighted by atomic mass is 10.3. The number of nitrogens with zero attached hydrogens (tertiary/aromatic N) is 1. The summed E-state index contributed by atoms with van der Waals surface area (Å²) in [6, 6.07) is 3.51. The quantitative estimate of drug-likeness (QED) is 0.745. The minimum Gasteiger partial charge on any atom is -0.315 e. The minimum atomic E-state index is -0.292. The highest BCUT2D eigenvalue weighted by molar-refractivity contribution is 5.04. The Hall–Kier alpha value is -1.00. The van der Waals surface area contributed by atoms with Gasteiger partial charge in [-0.25, -0.2) is 4.39 Å². The largest absolute Gasteiger partial charge is 0.315 e. The van der Waals surface area contributed by atoms with E-state index in [0.29, 0.717) is 12.6 Å². The zero-order valence-electron chi connectivity index (χ0n) is 9.26. The zero-order chi connectivity index (χ0) is 11.1. The van der Waals surface area contributed by atoms with Crippen molar-refractivity contribution in [1.29, 1.82) is 0 Å². The van der Waals surface area contributed by atoms with Crippen molar-refractivity contribution in [3.05, 3.63) is 29.8 Å². The summed E-state index contributed by atoms with van der Waals surface area (Å²) in [6.45, 7) is 6.76. The van der Waals surface area contributed by atoms with Crippen LogP contribution >= 0.6 is 0 Å². The molecule has 1 rings (SSSR count). The first-order valence-electron chi connectivity index (χ1n) is 5.27. The Kier molecular flexibility index (Phi) is 5.21. The number of hydrogen-bond acceptors (Lipinski definition) is 3. The van der Waals surface area contributed by atoms with Crippen LogP contribution in [0, 0.1) is 5.82 Å². The molecule has 4 heteroatoms. The number of rotatable bonds is 6. The zero-order valence-corrected chi connectivity index (χ0v) is 9.26. The second-order valence-electron chi connectivity index (χ2n) is 3.56. The summed E-state index contributed by atoms with van der Waals surface area (Å²) < 4.78 is 12.6. The molecular weight excluding hydrogens is 193 g/mol. The SMILES string of the molecule is CCNCC(C)NCc1ccc(F)cn1. The van der Waals surface area contributed by atoms with Crippen molar-refractivity contribution in [2.24, 2.45) is 0 Å². The third kappa shape index (κ3) is 4.85. The highest BCUT2D eigenvalue weighted by atomic mass is 19.1. The van der Waals surface area contributed by atoms with Crippen LogP contribution in [0.25, 0.3) is 0 Å². The van der Waals surface area contributed by atoms with Gasteiger partial charge < -0.3 is 10.6 Å². The van der Waals surface area contributed by atoms with Crippen LogP contribution in [0.5, 0.6) is 0 Å². The van der Waals surface area contributed by atoms with E-state index in [9.17, 15) is 4.39 Å². The molecule has 1 aromatic heterocycles. The van der Waals surface area contributed by atoms with Gasteiger partial charge in [-0.1, -0.05) is 6.92 Å². The lowest BCUT2D eigenvalue weighted by Gasteiger charge is -2.13. The van der Waals surface area contributed by atoms with Gasteiger partial charge in [-0.2, -0.15) is 0 Å². The molecule has 84 valence electrons. The summed E-state index contributed by atoms with van der Waals surface area (Å²) in [6.07, 6.45) is 1.24. The van der Waals surface area contributed by atoms with Crippen LogP contribution in [0.1, 0.15) is 19.5 Å². The molecule has 1 aromatic rings. The van der Waals surface area contributed by atoms with Crippen molar-refractivity contribution in [2.45, 2.75) is 26.4 Å². The van der Waals surface area contributed by atoms with E-state index in [1.165, 1.54) is 12.3 Å². The third-order valence-corrected chi connectivity index (χ3v) is 2.12. The third-order valence-electron chi connectivity index (χ3n) is 2.12. The molecule has 1 heterocycles. The molecule has 15 heavy (non-hydrogen) atoms. The first kappa shape index (κ1) is 12.1. The Bertz CT molecular complexity index is 274. The molecule has 0 aliphatic heterocycles. The predicted octanol–water partition coefficient (Wildman–Crippen LogP) is 1.31. The van der Waals surface area contributed by atoms with Crippen molar-refractivity contribution in [2.75, 3.05) is 13.1 Å². The Labute approximate surface area is 90.1 Å². The van der Waals surface area contributed by atoms with Gasteiger partial charge in [0.05, 0.1) is 11.9 Å². The predicted molar refractivity (Wildman–Crippen MR) is 59.0 cm³/mol. The Morgan fingerprint density at radius 2 is 2.27 bits per heavy atom. The first-order chi connectivity index (χ1) is 7.22. The molecule has 0 bridgehead atoms. The van der Waals surface area contributed by atoms with Gasteiger partial charge in [0.2, 0.25) is 0 Å². The van der Waals surface area contributed by atoms with Crippen LogP contribution < -0.4 is 10.6 Å². The maximum Gasteiger partial charge on any atom is 0.141 e. The minimum absolute atomic E-state index is 0.292. The molecule has 0 saturated heterocycles. The summed E-state index contributed by atoms with van der Waals surface area (Å²) in [5.74, 6) is -0.292. The molecular formula is C11H18FN3. The molecule has 0 radical (unpaired) electrons. The molecule has 1 unspecified atom stereocenters. The van der Waals surface area contributed by atoms with E-state index in [2.05, 4.69) is 29.5 Å². The average molecular weight is 211 g/mol. The number of halogens is 1. The van der Waals surface area contributed by atoms with Gasteiger partial charge in [0.25, 0.3) is 0 Å². The molecule has 0 amide bonds. The van der Waals surface area contributed by atoms with Gasteiger partial charge in [0, 0.05) is 19.1 Å². The van der Waals surface area contributed by atoms with Crippen LogP contribution in [0.2, 0.25) is 0 Å². The molecule has 0 spiro atoms. The summed E-state index contributed by atoms with van der Waals surface area (Å²) in [7, 11) is 0. The van der Waals surface area contributed by atoms with Crippen molar-refractivity contribution < 1.29 is 4.39 Å². The fourth-order valence-electron chi connectivity index (χ4n) is 1.22. The van der Waals surface area contributed by atoms with Crippen LogP contribution in [0.4, 0.5) is 4.39 Å². The van der Waals surface area contributed by atoms with Crippen LogP contribution in [0.3, 0.4) is 0 Å². The fraction of sp³-hybridized carbons (Fsp3) is 0.545. The standard InChI is InChI=1S/C11H18FN3/c1-3-13-6-9(2)14-8-11-5-4-10(12)7-15-11/h4-5,7,9,13-14H,3,6,8H2,1-2H3. The van der Waals surface area contributed by atoms with Gasteiger partial charge in [-0.3, -0.25) is 4.98 Å². The van der Waals surface area contributed by atoms with Crippen molar-refractivity contribution in [1.82, 2.24) is 15.6 Å². The Balaban J connectivity index is 2.27. The molecule has 0 aliphatic carbocycles. The fourth-order valence-corrected chi connectivity index (χ4v) is 1.22. The van der Waals surface area contributed by atoms with Gasteiger partial charge in [-0.05, 0) is 25.6 Å². The van der Waals surface area contributed by atoms with Gasteiger partial charge >= 0.3 is 0 Å². The summed E-state index contributed by atoms with van der Waals surface area (Å²) >= 11 is 0. The maximum atomic E-state index is 12.6. The summed E-state index contributed by atoms with van der Waals surface area (Å²) in [5.41, 5.74) is 0.861. The van der Waals surface area contributed by atoms with E-state index in [1.807, 2.05) is 0 Å². The highest BCUT2D eigenvalue weighted by Gasteiger charge is 2.01. The normalized spacial score (nSPS) is 12.7. The molecule has 3 nitrogen and oxygen atoms in total. The van der Waals surface area contributed by atoms with Crippen LogP contribution in [-0.2, 0) is 6.54 Å². The smallest absolute Gasteiger partial charge is 0.141 e. The Morgan fingerprint density at radius 1 is 1.47 bits per heavy atom. The highest BCUT2D eigenvalue weighted by Crippen LogP contribution is 1.97. The van der Waals surface area contributed by atoms with E-state index in [1.54, 1.807) is 6.07 Å². The first-order valence-corrected chi connectivity index (χ1v) is 5.27. The lowest BCUT2D eigenvalue weighted by Crippen LogP contribution is -2.35. The number of aromatic nitrogens is 1. The topological polar surface area (TPSA) is 37.0 Å². The van der Waals surface area contributed by atoms with Crippen molar-refractivity contribution in [3.8, 4) is 0 Å². The van der Waals surface area contributed by atoms with Gasteiger partial charge in [0.15, 0.2) is 0 Å². The van der Waals surface area contributed by atoms with E-state index < -0.39 is 0 Å². The maximum absolute atomic E-state index is 12.6. The summed E-state index contributed by atoms with van der Waals surface area (Å²) in [5, 5.41) is 6.56. The number of hydrogen-bond donors (Lipinski definition) is 2. The second kappa shape index (κ2) is 6.48. The van der Waals surface area contributed by atoms with E-state index >= 15 is 0 Å². The molecule has 0 fully saturated rings. The monoisotopic (exact) mass is 211 g/mol. The van der Waals surface area contributed by atoms with Crippen LogP contribution in [-0.4, -0.2) is 24.1 Å². The van der Waals surface area contributed by atoms with E-state index in [4.69, 9.17) is 0 Å². The molecule has 1 atom stereocenters. The van der Waals surface area contributed by atoms with Crippen molar-refractivity contribution in [3.63, 3.8) is 0 Å². The van der Waals surface area contributed by atoms with E-state index in [-0.39, 0.29) is 5.82 Å². The van der Waals surface area contributed by atoms with Crippen molar-refractivity contribution >= 4 is 0 Å². The average Bonchev–Trinajstić information content (AvgIpc) is 2.25. The molecule has 0 saturated carbocycles.